The second-order valence-corrected chi connectivity index (χ2v) is 4.69. The van der Waals surface area contributed by atoms with Gasteiger partial charge in [-0.1, -0.05) is 12.1 Å². The first kappa shape index (κ1) is 12.2. The van der Waals surface area contributed by atoms with E-state index in [2.05, 4.69) is 15.5 Å². The van der Waals surface area contributed by atoms with Gasteiger partial charge in [-0.3, -0.25) is 0 Å². The van der Waals surface area contributed by atoms with Crippen molar-refractivity contribution in [3.05, 3.63) is 30.2 Å². The van der Waals surface area contributed by atoms with Crippen LogP contribution in [0.25, 0.3) is 11.5 Å². The minimum Gasteiger partial charge on any atom is -0.496 e. The maximum absolute atomic E-state index is 5.81. The SMILES string of the molecule is COc1ccccc1-c1nnc([C@H]2CCCNC2)o1. The third-order valence-corrected chi connectivity index (χ3v) is 3.42. The number of para-hydroxylation sites is 1. The Morgan fingerprint density at radius 3 is 3.00 bits per heavy atom. The Labute approximate surface area is 112 Å². The Morgan fingerprint density at radius 2 is 2.21 bits per heavy atom. The van der Waals surface area contributed by atoms with Crippen LogP contribution in [0.1, 0.15) is 24.7 Å². The van der Waals surface area contributed by atoms with Crippen molar-refractivity contribution in [3.63, 3.8) is 0 Å². The first-order chi connectivity index (χ1) is 9.38. The molecule has 0 bridgehead atoms. The summed E-state index contributed by atoms with van der Waals surface area (Å²) in [5.74, 6) is 2.32. The number of hydrogen-bond donors (Lipinski definition) is 1. The molecule has 0 aliphatic carbocycles. The maximum atomic E-state index is 5.81. The van der Waals surface area contributed by atoms with Gasteiger partial charge in [0.2, 0.25) is 5.89 Å². The van der Waals surface area contributed by atoms with E-state index in [0.29, 0.717) is 17.7 Å². The van der Waals surface area contributed by atoms with Gasteiger partial charge in [0, 0.05) is 12.5 Å². The molecule has 5 nitrogen and oxygen atoms in total. The van der Waals surface area contributed by atoms with Crippen molar-refractivity contribution in [2.24, 2.45) is 0 Å². The van der Waals surface area contributed by atoms with E-state index in [1.807, 2.05) is 24.3 Å². The molecule has 2 heterocycles. The lowest BCUT2D eigenvalue weighted by atomic mass is 10.00. The summed E-state index contributed by atoms with van der Waals surface area (Å²) in [6.07, 6.45) is 2.25. The van der Waals surface area contributed by atoms with Gasteiger partial charge in [-0.05, 0) is 31.5 Å². The molecule has 0 saturated carbocycles. The fraction of sp³-hybridized carbons (Fsp3) is 0.429. The number of hydrogen-bond acceptors (Lipinski definition) is 5. The fourth-order valence-corrected chi connectivity index (χ4v) is 2.39. The normalized spacial score (nSPS) is 19.3. The van der Waals surface area contributed by atoms with E-state index in [0.717, 1.165) is 37.2 Å². The van der Waals surface area contributed by atoms with Crippen LogP contribution in [0.15, 0.2) is 28.7 Å². The molecule has 1 saturated heterocycles. The molecule has 0 radical (unpaired) electrons. The van der Waals surface area contributed by atoms with Gasteiger partial charge in [0.1, 0.15) is 5.75 Å². The molecule has 1 aliphatic rings. The van der Waals surface area contributed by atoms with Crippen LogP contribution < -0.4 is 10.1 Å². The summed E-state index contributed by atoms with van der Waals surface area (Å²) in [6, 6.07) is 7.67. The first-order valence-electron chi connectivity index (χ1n) is 6.56. The molecule has 5 heteroatoms. The quantitative estimate of drug-likeness (QED) is 0.915. The molecule has 1 N–H and O–H groups in total. The minimum absolute atomic E-state index is 0.324. The maximum Gasteiger partial charge on any atom is 0.251 e. The number of rotatable bonds is 3. The third-order valence-electron chi connectivity index (χ3n) is 3.42. The van der Waals surface area contributed by atoms with Crippen LogP contribution in [-0.2, 0) is 0 Å². The van der Waals surface area contributed by atoms with Crippen LogP contribution in [0.3, 0.4) is 0 Å². The van der Waals surface area contributed by atoms with Crippen molar-refractivity contribution < 1.29 is 9.15 Å². The number of methoxy groups -OCH3 is 1. The van der Waals surface area contributed by atoms with Crippen molar-refractivity contribution in [2.45, 2.75) is 18.8 Å². The molecule has 0 spiro atoms. The molecular formula is C14H17N3O2. The molecule has 3 rings (SSSR count). The average molecular weight is 259 g/mol. The number of ether oxygens (including phenoxy) is 1. The van der Waals surface area contributed by atoms with Gasteiger partial charge in [-0.25, -0.2) is 0 Å². The zero-order valence-corrected chi connectivity index (χ0v) is 10.9. The summed E-state index contributed by atoms with van der Waals surface area (Å²) in [5.41, 5.74) is 0.840. The van der Waals surface area contributed by atoms with Crippen molar-refractivity contribution >= 4 is 0 Å². The summed E-state index contributed by atoms with van der Waals surface area (Å²) in [5, 5.41) is 11.7. The van der Waals surface area contributed by atoms with E-state index in [4.69, 9.17) is 9.15 Å². The van der Waals surface area contributed by atoms with Crippen molar-refractivity contribution in [1.82, 2.24) is 15.5 Å². The molecule has 1 aliphatic heterocycles. The van der Waals surface area contributed by atoms with Crippen LogP contribution in [0.5, 0.6) is 5.75 Å². The van der Waals surface area contributed by atoms with Gasteiger partial charge in [0.25, 0.3) is 5.89 Å². The van der Waals surface area contributed by atoms with E-state index in [1.165, 1.54) is 0 Å². The number of benzene rings is 1. The summed E-state index contributed by atoms with van der Waals surface area (Å²) < 4.78 is 11.1. The number of nitrogens with zero attached hydrogens (tertiary/aromatic N) is 2. The van der Waals surface area contributed by atoms with Gasteiger partial charge < -0.3 is 14.5 Å². The summed E-state index contributed by atoms with van der Waals surface area (Å²) in [6.45, 7) is 1.98. The molecule has 1 atom stereocenters. The second kappa shape index (κ2) is 5.40. The highest BCUT2D eigenvalue weighted by molar-refractivity contribution is 5.62. The Bertz CT molecular complexity index is 547. The molecule has 100 valence electrons. The summed E-state index contributed by atoms with van der Waals surface area (Å²) in [7, 11) is 1.64. The molecule has 19 heavy (non-hydrogen) atoms. The highest BCUT2D eigenvalue weighted by Crippen LogP contribution is 2.30. The average Bonchev–Trinajstić information content (AvgIpc) is 2.98. The van der Waals surface area contributed by atoms with E-state index >= 15 is 0 Å². The number of piperidine rings is 1. The highest BCUT2D eigenvalue weighted by atomic mass is 16.5. The zero-order chi connectivity index (χ0) is 13.1. The smallest absolute Gasteiger partial charge is 0.251 e. The Kier molecular flexibility index (Phi) is 3.46. The van der Waals surface area contributed by atoms with Gasteiger partial charge >= 0.3 is 0 Å². The molecule has 0 amide bonds. The Hall–Kier alpha value is -1.88. The monoisotopic (exact) mass is 259 g/mol. The molecular weight excluding hydrogens is 242 g/mol. The third kappa shape index (κ3) is 2.46. The topological polar surface area (TPSA) is 60.2 Å². The van der Waals surface area contributed by atoms with Crippen LogP contribution in [-0.4, -0.2) is 30.4 Å². The minimum atomic E-state index is 0.324. The van der Waals surface area contributed by atoms with E-state index in [9.17, 15) is 0 Å². The predicted octanol–water partition coefficient (Wildman–Crippen LogP) is 2.21. The van der Waals surface area contributed by atoms with Gasteiger partial charge in [0.15, 0.2) is 0 Å². The van der Waals surface area contributed by atoms with Crippen molar-refractivity contribution in [1.29, 1.82) is 0 Å². The van der Waals surface area contributed by atoms with E-state index < -0.39 is 0 Å². The molecule has 2 aromatic rings. The van der Waals surface area contributed by atoms with Gasteiger partial charge in [0.05, 0.1) is 12.7 Å². The predicted molar refractivity (Wildman–Crippen MR) is 71.1 cm³/mol. The van der Waals surface area contributed by atoms with Crippen LogP contribution in [0.4, 0.5) is 0 Å². The number of aromatic nitrogens is 2. The van der Waals surface area contributed by atoms with Crippen LogP contribution in [0.2, 0.25) is 0 Å². The lowest BCUT2D eigenvalue weighted by Gasteiger charge is -2.18. The molecule has 0 unspecified atom stereocenters. The standard InChI is InChI=1S/C14H17N3O2/c1-18-12-7-3-2-6-11(12)14-17-16-13(19-14)10-5-4-8-15-9-10/h2-3,6-7,10,15H,4-5,8-9H2,1H3/t10-/m0/s1. The molecule has 1 aromatic heterocycles. The first-order valence-corrected chi connectivity index (χ1v) is 6.56. The fourth-order valence-electron chi connectivity index (χ4n) is 2.39. The van der Waals surface area contributed by atoms with Gasteiger partial charge in [-0.15, -0.1) is 10.2 Å². The Balaban J connectivity index is 1.88. The summed E-state index contributed by atoms with van der Waals surface area (Å²) >= 11 is 0. The largest absolute Gasteiger partial charge is 0.496 e. The molecule has 1 aromatic carbocycles. The molecule has 1 fully saturated rings. The zero-order valence-electron chi connectivity index (χ0n) is 10.9. The number of nitrogens with one attached hydrogen (secondary N) is 1. The van der Waals surface area contributed by atoms with Gasteiger partial charge in [-0.2, -0.15) is 0 Å². The second-order valence-electron chi connectivity index (χ2n) is 4.69. The summed E-state index contributed by atoms with van der Waals surface area (Å²) in [4.78, 5) is 0. The van der Waals surface area contributed by atoms with E-state index in [-0.39, 0.29) is 0 Å². The van der Waals surface area contributed by atoms with Crippen LogP contribution in [0, 0.1) is 0 Å². The van der Waals surface area contributed by atoms with E-state index in [1.54, 1.807) is 7.11 Å². The Morgan fingerprint density at radius 1 is 1.32 bits per heavy atom. The van der Waals surface area contributed by atoms with Crippen molar-refractivity contribution in [2.75, 3.05) is 20.2 Å². The van der Waals surface area contributed by atoms with Crippen molar-refractivity contribution in [3.8, 4) is 17.2 Å². The highest BCUT2D eigenvalue weighted by Gasteiger charge is 2.22. The lowest BCUT2D eigenvalue weighted by molar-refractivity contribution is 0.378. The van der Waals surface area contributed by atoms with Crippen LogP contribution >= 0.6 is 0 Å². The lowest BCUT2D eigenvalue weighted by Crippen LogP contribution is -2.28.